The molecule has 0 radical (unpaired) electrons. The number of methoxy groups -OCH3 is 1. The van der Waals surface area contributed by atoms with Gasteiger partial charge in [-0.2, -0.15) is 5.10 Å². The second-order valence-electron chi connectivity index (χ2n) is 8.30. The predicted molar refractivity (Wildman–Crippen MR) is 139 cm³/mol. The standard InChI is InChI=1S/C27H35N5O3/c1-4-6-17-28-27(34)31(18-7-5-2)20-26(33)29-25-19-24(21-11-9-8-10-12-21)30-32(25)22-13-15-23(35-3)16-14-22/h8-16,19H,4-7,17-18,20H2,1-3H3,(H,28,34)(H,29,33). The van der Waals surface area contributed by atoms with Crippen LogP contribution in [0.4, 0.5) is 10.6 Å². The van der Waals surface area contributed by atoms with Gasteiger partial charge in [0.25, 0.3) is 0 Å². The van der Waals surface area contributed by atoms with E-state index in [0.29, 0.717) is 18.9 Å². The molecule has 0 aliphatic carbocycles. The van der Waals surface area contributed by atoms with Gasteiger partial charge in [0.05, 0.1) is 18.5 Å². The minimum atomic E-state index is -0.277. The van der Waals surface area contributed by atoms with E-state index >= 15 is 0 Å². The summed E-state index contributed by atoms with van der Waals surface area (Å²) in [4.78, 5) is 27.3. The molecule has 0 saturated carbocycles. The van der Waals surface area contributed by atoms with E-state index < -0.39 is 0 Å². The van der Waals surface area contributed by atoms with Gasteiger partial charge in [0.1, 0.15) is 18.1 Å². The molecule has 0 unspecified atom stereocenters. The molecule has 0 aliphatic heterocycles. The molecule has 3 aromatic rings. The third-order valence-electron chi connectivity index (χ3n) is 5.57. The van der Waals surface area contributed by atoms with Crippen molar-refractivity contribution in [3.8, 4) is 22.7 Å². The lowest BCUT2D eigenvalue weighted by molar-refractivity contribution is -0.116. The Balaban J connectivity index is 1.82. The number of urea groups is 1. The van der Waals surface area contributed by atoms with Gasteiger partial charge in [0.2, 0.25) is 5.91 Å². The topological polar surface area (TPSA) is 88.5 Å². The minimum absolute atomic E-state index is 0.0353. The Morgan fingerprint density at radius 1 is 1.00 bits per heavy atom. The molecule has 1 heterocycles. The summed E-state index contributed by atoms with van der Waals surface area (Å²) in [6, 6.07) is 18.9. The molecule has 0 aliphatic rings. The van der Waals surface area contributed by atoms with Gasteiger partial charge in [-0.3, -0.25) is 4.79 Å². The second-order valence-corrected chi connectivity index (χ2v) is 8.30. The number of carbonyl (C=O) groups is 2. The van der Waals surface area contributed by atoms with Crippen molar-refractivity contribution in [2.45, 2.75) is 39.5 Å². The number of carbonyl (C=O) groups excluding carboxylic acids is 2. The van der Waals surface area contributed by atoms with Gasteiger partial charge < -0.3 is 20.3 Å². The molecular weight excluding hydrogens is 442 g/mol. The molecule has 186 valence electrons. The highest BCUT2D eigenvalue weighted by atomic mass is 16.5. The lowest BCUT2D eigenvalue weighted by atomic mass is 10.1. The molecule has 0 atom stereocenters. The van der Waals surface area contributed by atoms with Crippen LogP contribution in [0.5, 0.6) is 5.75 Å². The van der Waals surface area contributed by atoms with Crippen LogP contribution in [0.3, 0.4) is 0 Å². The fourth-order valence-electron chi connectivity index (χ4n) is 3.58. The lowest BCUT2D eigenvalue weighted by Gasteiger charge is -2.22. The van der Waals surface area contributed by atoms with Gasteiger partial charge in [-0.05, 0) is 37.1 Å². The van der Waals surface area contributed by atoms with Gasteiger partial charge in [-0.1, -0.05) is 57.0 Å². The molecular formula is C27H35N5O3. The fourth-order valence-corrected chi connectivity index (χ4v) is 3.58. The van der Waals surface area contributed by atoms with Crippen LogP contribution in [0, 0.1) is 0 Å². The first-order valence-electron chi connectivity index (χ1n) is 12.2. The quantitative estimate of drug-likeness (QED) is 0.355. The van der Waals surface area contributed by atoms with Gasteiger partial charge >= 0.3 is 6.03 Å². The number of anilines is 1. The maximum Gasteiger partial charge on any atom is 0.317 e. The molecule has 2 aromatic carbocycles. The van der Waals surface area contributed by atoms with Gasteiger partial charge in [-0.15, -0.1) is 0 Å². The van der Waals surface area contributed by atoms with Gasteiger partial charge in [0, 0.05) is 24.7 Å². The second kappa shape index (κ2) is 13.2. The highest BCUT2D eigenvalue weighted by Gasteiger charge is 2.19. The van der Waals surface area contributed by atoms with E-state index in [2.05, 4.69) is 24.5 Å². The van der Waals surface area contributed by atoms with Crippen LogP contribution in [-0.2, 0) is 4.79 Å². The van der Waals surface area contributed by atoms with Crippen LogP contribution < -0.4 is 15.4 Å². The summed E-state index contributed by atoms with van der Waals surface area (Å²) in [5, 5.41) is 10.6. The largest absolute Gasteiger partial charge is 0.497 e. The van der Waals surface area contributed by atoms with E-state index in [9.17, 15) is 9.59 Å². The zero-order valence-corrected chi connectivity index (χ0v) is 20.8. The lowest BCUT2D eigenvalue weighted by Crippen LogP contribution is -2.44. The van der Waals surface area contributed by atoms with Crippen LogP contribution in [0.1, 0.15) is 39.5 Å². The fraction of sp³-hybridized carbons (Fsp3) is 0.370. The maximum absolute atomic E-state index is 13.1. The summed E-state index contributed by atoms with van der Waals surface area (Å²) in [6.07, 6.45) is 3.67. The average molecular weight is 478 g/mol. The normalized spacial score (nSPS) is 10.6. The highest BCUT2D eigenvalue weighted by Crippen LogP contribution is 2.25. The summed E-state index contributed by atoms with van der Waals surface area (Å²) >= 11 is 0. The summed E-state index contributed by atoms with van der Waals surface area (Å²) in [5.74, 6) is 0.984. The molecule has 3 amide bonds. The maximum atomic E-state index is 13.1. The van der Waals surface area contributed by atoms with E-state index in [0.717, 1.165) is 48.4 Å². The zero-order chi connectivity index (χ0) is 25.0. The van der Waals surface area contributed by atoms with E-state index in [1.807, 2.05) is 60.7 Å². The van der Waals surface area contributed by atoms with Crippen molar-refractivity contribution in [2.75, 3.05) is 32.1 Å². The van der Waals surface area contributed by atoms with E-state index in [1.165, 1.54) is 0 Å². The van der Waals surface area contributed by atoms with Crippen LogP contribution in [0.25, 0.3) is 16.9 Å². The molecule has 3 rings (SSSR count). The molecule has 0 spiro atoms. The molecule has 35 heavy (non-hydrogen) atoms. The Kier molecular flexibility index (Phi) is 9.71. The van der Waals surface area contributed by atoms with Crippen molar-refractivity contribution in [1.29, 1.82) is 0 Å². The smallest absolute Gasteiger partial charge is 0.317 e. The van der Waals surface area contributed by atoms with E-state index in [-0.39, 0.29) is 18.5 Å². The minimum Gasteiger partial charge on any atom is -0.497 e. The number of amides is 3. The van der Waals surface area contributed by atoms with Crippen molar-refractivity contribution >= 4 is 17.8 Å². The molecule has 1 aromatic heterocycles. The first-order valence-corrected chi connectivity index (χ1v) is 12.2. The third-order valence-corrected chi connectivity index (χ3v) is 5.57. The van der Waals surface area contributed by atoms with Crippen molar-refractivity contribution < 1.29 is 14.3 Å². The van der Waals surface area contributed by atoms with Crippen molar-refractivity contribution in [2.24, 2.45) is 0 Å². The first-order chi connectivity index (χ1) is 17.0. The molecule has 8 heteroatoms. The molecule has 8 nitrogen and oxygen atoms in total. The number of nitrogens with zero attached hydrogens (tertiary/aromatic N) is 3. The monoisotopic (exact) mass is 477 g/mol. The number of rotatable bonds is 12. The van der Waals surface area contributed by atoms with Crippen molar-refractivity contribution in [3.05, 3.63) is 60.7 Å². The number of ether oxygens (including phenoxy) is 1. The molecule has 0 fully saturated rings. The Bertz CT molecular complexity index is 1080. The number of benzene rings is 2. The summed E-state index contributed by atoms with van der Waals surface area (Å²) in [6.45, 7) is 5.22. The van der Waals surface area contributed by atoms with Crippen molar-refractivity contribution in [3.63, 3.8) is 0 Å². The molecule has 2 N–H and O–H groups in total. The molecule has 0 bridgehead atoms. The highest BCUT2D eigenvalue weighted by molar-refractivity contribution is 5.94. The van der Waals surface area contributed by atoms with Crippen LogP contribution in [0.2, 0.25) is 0 Å². The van der Waals surface area contributed by atoms with Crippen molar-refractivity contribution in [1.82, 2.24) is 20.0 Å². The third kappa shape index (κ3) is 7.34. The Morgan fingerprint density at radius 3 is 2.37 bits per heavy atom. The van der Waals surface area contributed by atoms with Crippen LogP contribution >= 0.6 is 0 Å². The summed E-state index contributed by atoms with van der Waals surface area (Å²) < 4.78 is 6.96. The Hall–Kier alpha value is -3.81. The number of hydrogen-bond donors (Lipinski definition) is 2. The Morgan fingerprint density at radius 2 is 1.71 bits per heavy atom. The van der Waals surface area contributed by atoms with Gasteiger partial charge in [0.15, 0.2) is 0 Å². The SMILES string of the molecule is CCCCNC(=O)N(CCCC)CC(=O)Nc1cc(-c2ccccc2)nn1-c1ccc(OC)cc1. The Labute approximate surface area is 207 Å². The summed E-state index contributed by atoms with van der Waals surface area (Å²) in [5.41, 5.74) is 2.45. The van der Waals surface area contributed by atoms with Gasteiger partial charge in [-0.25, -0.2) is 9.48 Å². The number of hydrogen-bond acceptors (Lipinski definition) is 4. The average Bonchev–Trinajstić information content (AvgIpc) is 3.30. The predicted octanol–water partition coefficient (Wildman–Crippen LogP) is 5.10. The zero-order valence-electron chi connectivity index (χ0n) is 20.8. The number of unbranched alkanes of at least 4 members (excludes halogenated alkanes) is 2. The number of aromatic nitrogens is 2. The van der Waals surface area contributed by atoms with E-state index in [1.54, 1.807) is 16.7 Å². The first kappa shape index (κ1) is 25.8. The van der Waals surface area contributed by atoms with E-state index in [4.69, 9.17) is 9.84 Å². The summed E-state index contributed by atoms with van der Waals surface area (Å²) in [7, 11) is 1.62. The molecule has 0 saturated heterocycles. The van der Waals surface area contributed by atoms with Crippen LogP contribution in [-0.4, -0.2) is 53.4 Å². The van der Waals surface area contributed by atoms with Crippen LogP contribution in [0.15, 0.2) is 60.7 Å². The number of nitrogens with one attached hydrogen (secondary N) is 2.